The van der Waals surface area contributed by atoms with Crippen LogP contribution >= 0.6 is 15.9 Å². The van der Waals surface area contributed by atoms with Crippen molar-refractivity contribution >= 4 is 15.9 Å². The first-order chi connectivity index (χ1) is 9.48. The lowest BCUT2D eigenvalue weighted by molar-refractivity contribution is 0.0872. The van der Waals surface area contributed by atoms with Gasteiger partial charge in [0.2, 0.25) is 0 Å². The highest BCUT2D eigenvalue weighted by molar-refractivity contribution is 9.10. The van der Waals surface area contributed by atoms with Crippen LogP contribution in [0.1, 0.15) is 51.8 Å². The molecular weight excluding hydrogens is 316 g/mol. The molecule has 1 heterocycles. The Morgan fingerprint density at radius 3 is 2.35 bits per heavy atom. The molecule has 0 saturated heterocycles. The molecule has 0 radical (unpaired) electrons. The van der Waals surface area contributed by atoms with Crippen molar-refractivity contribution in [3.63, 3.8) is 0 Å². The highest BCUT2D eigenvalue weighted by Gasteiger charge is 2.40. The third kappa shape index (κ3) is 3.10. The molecule has 0 saturated carbocycles. The second-order valence-corrected chi connectivity index (χ2v) is 6.38. The highest BCUT2D eigenvalue weighted by Crippen LogP contribution is 2.38. The van der Waals surface area contributed by atoms with Crippen molar-refractivity contribution in [3.8, 4) is 0 Å². The summed E-state index contributed by atoms with van der Waals surface area (Å²) in [6.45, 7) is 7.67. The summed E-state index contributed by atoms with van der Waals surface area (Å²) >= 11 is 3.69. The van der Waals surface area contributed by atoms with E-state index in [0.29, 0.717) is 0 Å². The lowest BCUT2D eigenvalue weighted by Crippen LogP contribution is -2.53. The summed E-state index contributed by atoms with van der Waals surface area (Å²) in [7, 11) is 6.39. The number of hydrogen-bond donors (Lipinski definition) is 1. The van der Waals surface area contributed by atoms with E-state index in [1.54, 1.807) is 0 Å². The Labute approximate surface area is 132 Å². The molecule has 1 rings (SSSR count). The third-order valence-corrected chi connectivity index (χ3v) is 5.09. The SMILES string of the molecule is CCCn1ncc(Br)c1C(NC)C(CC)(CC)N(C)C. The van der Waals surface area contributed by atoms with E-state index >= 15 is 0 Å². The molecule has 0 aliphatic heterocycles. The van der Waals surface area contributed by atoms with Gasteiger partial charge in [-0.05, 0) is 56.3 Å². The minimum Gasteiger partial charge on any atom is -0.310 e. The predicted octanol–water partition coefficient (Wildman–Crippen LogP) is 3.44. The summed E-state index contributed by atoms with van der Waals surface area (Å²) in [6.07, 6.45) is 5.18. The average molecular weight is 345 g/mol. The third-order valence-electron chi connectivity index (χ3n) is 4.48. The minimum atomic E-state index is 0.0861. The van der Waals surface area contributed by atoms with E-state index in [4.69, 9.17) is 0 Å². The van der Waals surface area contributed by atoms with E-state index in [1.807, 2.05) is 13.2 Å². The molecular formula is C15H29BrN4. The Hall–Kier alpha value is -0.390. The molecule has 0 aliphatic rings. The van der Waals surface area contributed by atoms with E-state index in [2.05, 4.69) is 70.8 Å². The predicted molar refractivity (Wildman–Crippen MR) is 89.0 cm³/mol. The van der Waals surface area contributed by atoms with Crippen molar-refractivity contribution in [1.82, 2.24) is 20.0 Å². The number of nitrogens with zero attached hydrogens (tertiary/aromatic N) is 3. The van der Waals surface area contributed by atoms with Crippen LogP contribution in [0.25, 0.3) is 0 Å². The fourth-order valence-electron chi connectivity index (χ4n) is 3.26. The van der Waals surface area contributed by atoms with Crippen molar-refractivity contribution in [3.05, 3.63) is 16.4 Å². The summed E-state index contributed by atoms with van der Waals surface area (Å²) in [5, 5.41) is 8.06. The quantitative estimate of drug-likeness (QED) is 0.784. The van der Waals surface area contributed by atoms with Crippen LogP contribution in [0.4, 0.5) is 0 Å². The van der Waals surface area contributed by atoms with Gasteiger partial charge in [0, 0.05) is 12.1 Å². The zero-order valence-electron chi connectivity index (χ0n) is 13.7. The van der Waals surface area contributed by atoms with Gasteiger partial charge in [-0.1, -0.05) is 20.8 Å². The molecule has 116 valence electrons. The van der Waals surface area contributed by atoms with E-state index in [1.165, 1.54) is 5.69 Å². The maximum absolute atomic E-state index is 4.53. The van der Waals surface area contributed by atoms with Gasteiger partial charge in [0.1, 0.15) is 0 Å². The molecule has 0 fully saturated rings. The van der Waals surface area contributed by atoms with Gasteiger partial charge in [-0.15, -0.1) is 0 Å². The van der Waals surface area contributed by atoms with Crippen molar-refractivity contribution in [2.75, 3.05) is 21.1 Å². The number of rotatable bonds is 8. The standard InChI is InChI=1S/C15H29BrN4/c1-7-10-20-13(12(16)11-18-20)14(17-4)15(8-2,9-3)19(5)6/h11,14,17H,7-10H2,1-6H3. The molecule has 0 aliphatic carbocycles. The van der Waals surface area contributed by atoms with Crippen LogP contribution in [0.2, 0.25) is 0 Å². The molecule has 1 aromatic rings. The number of likely N-dealkylation sites (N-methyl/N-ethyl adjacent to an activating group) is 2. The van der Waals surface area contributed by atoms with Gasteiger partial charge in [0.25, 0.3) is 0 Å². The fraction of sp³-hybridized carbons (Fsp3) is 0.800. The van der Waals surface area contributed by atoms with E-state index in [9.17, 15) is 0 Å². The molecule has 1 atom stereocenters. The maximum Gasteiger partial charge on any atom is 0.0714 e. The normalized spacial score (nSPS) is 14.0. The first-order valence-electron chi connectivity index (χ1n) is 7.54. The van der Waals surface area contributed by atoms with Crippen LogP contribution in [0.15, 0.2) is 10.7 Å². The van der Waals surface area contributed by atoms with Gasteiger partial charge in [-0.25, -0.2) is 0 Å². The van der Waals surface area contributed by atoms with Crippen LogP contribution in [0.5, 0.6) is 0 Å². The molecule has 1 unspecified atom stereocenters. The van der Waals surface area contributed by atoms with Gasteiger partial charge in [0.15, 0.2) is 0 Å². The lowest BCUT2D eigenvalue weighted by atomic mass is 9.81. The van der Waals surface area contributed by atoms with Crippen LogP contribution in [-0.2, 0) is 6.54 Å². The molecule has 4 nitrogen and oxygen atoms in total. The zero-order chi connectivity index (χ0) is 15.3. The number of nitrogens with one attached hydrogen (secondary N) is 1. The van der Waals surface area contributed by atoms with Crippen LogP contribution in [-0.4, -0.2) is 41.4 Å². The van der Waals surface area contributed by atoms with Crippen molar-refractivity contribution in [2.45, 2.75) is 58.2 Å². The Morgan fingerprint density at radius 1 is 1.35 bits per heavy atom. The Morgan fingerprint density at radius 2 is 1.95 bits per heavy atom. The van der Waals surface area contributed by atoms with Gasteiger partial charge >= 0.3 is 0 Å². The highest BCUT2D eigenvalue weighted by atomic mass is 79.9. The Bertz CT molecular complexity index is 410. The number of hydrogen-bond acceptors (Lipinski definition) is 3. The average Bonchev–Trinajstić information content (AvgIpc) is 2.77. The molecule has 5 heteroatoms. The first kappa shape index (κ1) is 17.7. The molecule has 0 bridgehead atoms. The van der Waals surface area contributed by atoms with E-state index < -0.39 is 0 Å². The number of aromatic nitrogens is 2. The molecule has 0 spiro atoms. The smallest absolute Gasteiger partial charge is 0.0714 e. The van der Waals surface area contributed by atoms with Gasteiger partial charge in [-0.2, -0.15) is 5.10 Å². The maximum atomic E-state index is 4.53. The van der Waals surface area contributed by atoms with Gasteiger partial charge in [0.05, 0.1) is 22.4 Å². The summed E-state index contributed by atoms with van der Waals surface area (Å²) in [4.78, 5) is 2.35. The molecule has 1 N–H and O–H groups in total. The molecule has 20 heavy (non-hydrogen) atoms. The lowest BCUT2D eigenvalue weighted by Gasteiger charge is -2.45. The number of halogens is 1. The second-order valence-electron chi connectivity index (χ2n) is 5.53. The van der Waals surface area contributed by atoms with E-state index in [-0.39, 0.29) is 11.6 Å². The molecule has 1 aromatic heterocycles. The van der Waals surface area contributed by atoms with Gasteiger partial charge in [-0.3, -0.25) is 4.68 Å². The first-order valence-corrected chi connectivity index (χ1v) is 8.33. The van der Waals surface area contributed by atoms with Crippen molar-refractivity contribution in [2.24, 2.45) is 0 Å². The monoisotopic (exact) mass is 344 g/mol. The largest absolute Gasteiger partial charge is 0.310 e. The van der Waals surface area contributed by atoms with Crippen LogP contribution < -0.4 is 5.32 Å². The van der Waals surface area contributed by atoms with Crippen LogP contribution in [0.3, 0.4) is 0 Å². The number of aryl methyl sites for hydroxylation is 1. The Balaban J connectivity index is 3.33. The zero-order valence-corrected chi connectivity index (χ0v) is 15.3. The second kappa shape index (κ2) is 7.57. The van der Waals surface area contributed by atoms with Crippen LogP contribution in [0, 0.1) is 0 Å². The Kier molecular flexibility index (Phi) is 6.69. The topological polar surface area (TPSA) is 33.1 Å². The van der Waals surface area contributed by atoms with Gasteiger partial charge < -0.3 is 10.2 Å². The molecule has 0 amide bonds. The van der Waals surface area contributed by atoms with Crippen molar-refractivity contribution in [1.29, 1.82) is 0 Å². The summed E-state index contributed by atoms with van der Waals surface area (Å²) < 4.78 is 3.23. The summed E-state index contributed by atoms with van der Waals surface area (Å²) in [5.74, 6) is 0. The summed E-state index contributed by atoms with van der Waals surface area (Å²) in [6, 6.07) is 0.246. The van der Waals surface area contributed by atoms with E-state index in [0.717, 1.165) is 30.3 Å². The minimum absolute atomic E-state index is 0.0861. The fourth-order valence-corrected chi connectivity index (χ4v) is 3.78. The molecule has 0 aromatic carbocycles. The summed E-state index contributed by atoms with van der Waals surface area (Å²) in [5.41, 5.74) is 1.34. The van der Waals surface area contributed by atoms with Crippen molar-refractivity contribution < 1.29 is 0 Å².